The minimum atomic E-state index is -1.10. The van der Waals surface area contributed by atoms with Crippen molar-refractivity contribution in [1.29, 1.82) is 0 Å². The summed E-state index contributed by atoms with van der Waals surface area (Å²) in [6.45, 7) is 0. The number of rotatable bonds is 4. The Balaban J connectivity index is 2.10. The van der Waals surface area contributed by atoms with Crippen LogP contribution < -0.4 is 5.32 Å². The third-order valence-corrected chi connectivity index (χ3v) is 3.22. The highest BCUT2D eigenvalue weighted by Crippen LogP contribution is 2.23. The molecular formula is C14H9BrClNO4. The fourth-order valence-electron chi connectivity index (χ4n) is 1.50. The summed E-state index contributed by atoms with van der Waals surface area (Å²) >= 11 is 9.06. The van der Waals surface area contributed by atoms with Gasteiger partial charge >= 0.3 is 5.97 Å². The van der Waals surface area contributed by atoms with Crippen LogP contribution in [0.4, 0.5) is 5.69 Å². The lowest BCUT2D eigenvalue weighted by Gasteiger charge is -2.05. The van der Waals surface area contributed by atoms with Crippen LogP contribution >= 0.6 is 27.5 Å². The van der Waals surface area contributed by atoms with Gasteiger partial charge in [-0.2, -0.15) is 0 Å². The minimum absolute atomic E-state index is 0.0358. The Morgan fingerprint density at radius 2 is 2.05 bits per heavy atom. The van der Waals surface area contributed by atoms with Crippen LogP contribution in [-0.4, -0.2) is 17.0 Å². The van der Waals surface area contributed by atoms with Crippen molar-refractivity contribution in [2.75, 3.05) is 5.32 Å². The fraction of sp³-hybridized carbons (Fsp3) is 0. The minimum Gasteiger partial charge on any atom is -0.478 e. The van der Waals surface area contributed by atoms with Gasteiger partial charge in [0.2, 0.25) is 5.91 Å². The summed E-state index contributed by atoms with van der Waals surface area (Å²) in [6, 6.07) is 7.45. The number of carboxylic acids is 1. The molecule has 0 spiro atoms. The summed E-state index contributed by atoms with van der Waals surface area (Å²) in [6.07, 6.45) is 2.74. The van der Waals surface area contributed by atoms with Gasteiger partial charge in [-0.15, -0.1) is 0 Å². The van der Waals surface area contributed by atoms with Crippen molar-refractivity contribution < 1.29 is 19.1 Å². The number of aromatic carboxylic acids is 1. The third-order valence-electron chi connectivity index (χ3n) is 2.46. The Morgan fingerprint density at radius 3 is 2.67 bits per heavy atom. The van der Waals surface area contributed by atoms with Crippen LogP contribution in [0.15, 0.2) is 45.5 Å². The van der Waals surface area contributed by atoms with E-state index in [1.807, 2.05) is 0 Å². The second-order valence-corrected chi connectivity index (χ2v) is 5.15. The molecule has 2 rings (SSSR count). The molecule has 0 fully saturated rings. The lowest BCUT2D eigenvalue weighted by atomic mass is 10.2. The van der Waals surface area contributed by atoms with Gasteiger partial charge in [0.15, 0.2) is 4.67 Å². The van der Waals surface area contributed by atoms with Crippen molar-refractivity contribution >= 4 is 51.2 Å². The second kappa shape index (κ2) is 6.60. The Labute approximate surface area is 133 Å². The summed E-state index contributed by atoms with van der Waals surface area (Å²) in [5.41, 5.74) is 0.264. The zero-order valence-corrected chi connectivity index (χ0v) is 12.8. The summed E-state index contributed by atoms with van der Waals surface area (Å²) in [5, 5.41) is 11.7. The molecule has 0 unspecified atom stereocenters. The van der Waals surface area contributed by atoms with E-state index in [2.05, 4.69) is 21.2 Å². The first kappa shape index (κ1) is 15.3. The first-order valence-corrected chi connectivity index (χ1v) is 6.90. The number of halogens is 2. The summed E-state index contributed by atoms with van der Waals surface area (Å²) < 4.78 is 5.76. The zero-order valence-electron chi connectivity index (χ0n) is 10.5. The Hall–Kier alpha value is -2.05. The van der Waals surface area contributed by atoms with Crippen LogP contribution in [0.5, 0.6) is 0 Å². The van der Waals surface area contributed by atoms with Gasteiger partial charge in [0.05, 0.1) is 16.3 Å². The number of benzene rings is 1. The molecule has 0 bridgehead atoms. The van der Waals surface area contributed by atoms with E-state index in [1.165, 1.54) is 30.4 Å². The number of carbonyl (C=O) groups is 2. The van der Waals surface area contributed by atoms with Crippen molar-refractivity contribution in [3.63, 3.8) is 0 Å². The quantitative estimate of drug-likeness (QED) is 0.796. The van der Waals surface area contributed by atoms with Gasteiger partial charge < -0.3 is 14.8 Å². The molecule has 5 nitrogen and oxygen atoms in total. The van der Waals surface area contributed by atoms with Crippen LogP contribution in [0.2, 0.25) is 5.02 Å². The SMILES string of the molecule is O=C(/C=C/c1ccc(Br)o1)Nc1cc(C(=O)O)ccc1Cl. The first-order chi connectivity index (χ1) is 9.95. The average Bonchev–Trinajstić information content (AvgIpc) is 2.84. The first-order valence-electron chi connectivity index (χ1n) is 5.73. The van der Waals surface area contributed by atoms with Crippen LogP contribution in [0.25, 0.3) is 6.08 Å². The Kier molecular flexibility index (Phi) is 4.82. The molecule has 2 N–H and O–H groups in total. The molecule has 21 heavy (non-hydrogen) atoms. The number of carboxylic acid groups (broad SMARTS) is 1. The highest BCUT2D eigenvalue weighted by Gasteiger charge is 2.09. The lowest BCUT2D eigenvalue weighted by Crippen LogP contribution is -2.09. The van der Waals surface area contributed by atoms with Gasteiger partial charge in [-0.1, -0.05) is 11.6 Å². The molecule has 0 atom stereocenters. The van der Waals surface area contributed by atoms with E-state index in [0.717, 1.165) is 0 Å². The van der Waals surface area contributed by atoms with E-state index in [1.54, 1.807) is 12.1 Å². The molecule has 0 aliphatic heterocycles. The van der Waals surface area contributed by atoms with Crippen LogP contribution in [0.3, 0.4) is 0 Å². The predicted molar refractivity (Wildman–Crippen MR) is 82.5 cm³/mol. The molecule has 0 radical (unpaired) electrons. The number of anilines is 1. The van der Waals surface area contributed by atoms with Gasteiger partial charge in [0.25, 0.3) is 0 Å². The van der Waals surface area contributed by atoms with E-state index >= 15 is 0 Å². The highest BCUT2D eigenvalue weighted by atomic mass is 79.9. The van der Waals surface area contributed by atoms with E-state index in [0.29, 0.717) is 10.4 Å². The molecule has 1 amide bonds. The average molecular weight is 371 g/mol. The van der Waals surface area contributed by atoms with Crippen molar-refractivity contribution in [2.24, 2.45) is 0 Å². The molecular weight excluding hydrogens is 362 g/mol. The van der Waals surface area contributed by atoms with E-state index in [-0.39, 0.29) is 16.3 Å². The van der Waals surface area contributed by atoms with Gasteiger partial charge in [0, 0.05) is 6.08 Å². The normalized spacial score (nSPS) is 10.8. The maximum Gasteiger partial charge on any atom is 0.335 e. The molecule has 0 aliphatic rings. The Morgan fingerprint density at radius 1 is 1.29 bits per heavy atom. The molecule has 108 valence electrons. The number of furan rings is 1. The summed E-state index contributed by atoms with van der Waals surface area (Å²) in [4.78, 5) is 22.6. The number of hydrogen-bond donors (Lipinski definition) is 2. The van der Waals surface area contributed by atoms with Crippen LogP contribution in [-0.2, 0) is 4.79 Å². The lowest BCUT2D eigenvalue weighted by molar-refractivity contribution is -0.111. The monoisotopic (exact) mass is 369 g/mol. The van der Waals surface area contributed by atoms with Gasteiger partial charge in [-0.3, -0.25) is 4.79 Å². The van der Waals surface area contributed by atoms with Gasteiger partial charge in [0.1, 0.15) is 5.76 Å². The number of carbonyl (C=O) groups excluding carboxylic acids is 1. The molecule has 0 aliphatic carbocycles. The topological polar surface area (TPSA) is 79.5 Å². The highest BCUT2D eigenvalue weighted by molar-refractivity contribution is 9.10. The number of amides is 1. The standard InChI is InChI=1S/C14H9BrClNO4/c15-12-5-2-9(21-12)3-6-13(18)17-11-7-8(14(19)20)1-4-10(11)16/h1-7H,(H,17,18)(H,19,20)/b6-3+. The molecule has 0 saturated carbocycles. The zero-order chi connectivity index (χ0) is 15.4. The smallest absolute Gasteiger partial charge is 0.335 e. The molecule has 1 heterocycles. The molecule has 7 heteroatoms. The maximum absolute atomic E-state index is 11.8. The van der Waals surface area contributed by atoms with Crippen molar-refractivity contribution in [2.45, 2.75) is 0 Å². The van der Waals surface area contributed by atoms with Crippen molar-refractivity contribution in [3.05, 3.63) is 57.4 Å². The van der Waals surface area contributed by atoms with Gasteiger partial charge in [-0.05, 0) is 52.3 Å². The van der Waals surface area contributed by atoms with Crippen LogP contribution in [0.1, 0.15) is 16.1 Å². The number of nitrogens with one attached hydrogen (secondary N) is 1. The third kappa shape index (κ3) is 4.21. The fourth-order valence-corrected chi connectivity index (χ4v) is 1.99. The van der Waals surface area contributed by atoms with E-state index in [9.17, 15) is 9.59 Å². The molecule has 0 saturated heterocycles. The Bertz CT molecular complexity index is 724. The second-order valence-electron chi connectivity index (χ2n) is 3.96. The van der Waals surface area contributed by atoms with Crippen molar-refractivity contribution in [3.8, 4) is 0 Å². The predicted octanol–water partition coefficient (Wildman–Crippen LogP) is 4.05. The summed E-state index contributed by atoms with van der Waals surface area (Å²) in [7, 11) is 0. The van der Waals surface area contributed by atoms with E-state index < -0.39 is 11.9 Å². The largest absolute Gasteiger partial charge is 0.478 e. The molecule has 1 aromatic carbocycles. The summed E-state index contributed by atoms with van der Waals surface area (Å²) in [5.74, 6) is -1.05. The molecule has 1 aromatic heterocycles. The maximum atomic E-state index is 11.8. The van der Waals surface area contributed by atoms with E-state index in [4.69, 9.17) is 21.1 Å². The molecule has 2 aromatic rings. The van der Waals surface area contributed by atoms with Gasteiger partial charge in [-0.25, -0.2) is 4.79 Å². The van der Waals surface area contributed by atoms with Crippen molar-refractivity contribution in [1.82, 2.24) is 0 Å². The number of hydrogen-bond acceptors (Lipinski definition) is 3. The van der Waals surface area contributed by atoms with Crippen LogP contribution in [0, 0.1) is 0 Å².